The molecular formula is C14H12F3N3O. The normalized spacial score (nSPS) is 11.4. The van der Waals surface area contributed by atoms with E-state index in [1.807, 2.05) is 0 Å². The van der Waals surface area contributed by atoms with Gasteiger partial charge >= 0.3 is 6.18 Å². The standard InChI is InChI=1S/C14H12F3N3O/c15-14(16,17)9-3-4-11(18)10(7-9)12(21)6-8-2-1-5-20-13(8)19/h1-5,7H,6,18H2,(H2,19,20). The van der Waals surface area contributed by atoms with Crippen LogP contribution < -0.4 is 11.5 Å². The van der Waals surface area contributed by atoms with E-state index in [0.29, 0.717) is 5.56 Å². The van der Waals surface area contributed by atoms with Crippen LogP contribution >= 0.6 is 0 Å². The van der Waals surface area contributed by atoms with Crippen LogP contribution in [0.3, 0.4) is 0 Å². The Kier molecular flexibility index (Phi) is 3.84. The summed E-state index contributed by atoms with van der Waals surface area (Å²) in [6.07, 6.45) is -3.23. The third-order valence-corrected chi connectivity index (χ3v) is 2.96. The number of carbonyl (C=O) groups is 1. The van der Waals surface area contributed by atoms with Crippen molar-refractivity contribution in [2.45, 2.75) is 12.6 Å². The van der Waals surface area contributed by atoms with Crippen LogP contribution in [0.25, 0.3) is 0 Å². The topological polar surface area (TPSA) is 82.0 Å². The number of carbonyl (C=O) groups excluding carboxylic acids is 1. The summed E-state index contributed by atoms with van der Waals surface area (Å²) in [5.41, 5.74) is 10.5. The predicted octanol–water partition coefficient (Wildman–Crippen LogP) is 2.69. The Hall–Kier alpha value is -2.57. The summed E-state index contributed by atoms with van der Waals surface area (Å²) in [7, 11) is 0. The van der Waals surface area contributed by atoms with Gasteiger partial charge in [-0.3, -0.25) is 4.79 Å². The number of nitrogens with two attached hydrogens (primary N) is 2. The molecule has 0 spiro atoms. The monoisotopic (exact) mass is 295 g/mol. The van der Waals surface area contributed by atoms with E-state index in [0.717, 1.165) is 18.2 Å². The summed E-state index contributed by atoms with van der Waals surface area (Å²) in [6, 6.07) is 5.84. The third kappa shape index (κ3) is 3.31. The van der Waals surface area contributed by atoms with Crippen LogP contribution in [0.15, 0.2) is 36.5 Å². The first kappa shape index (κ1) is 14.8. The molecule has 0 aliphatic heterocycles. The quantitative estimate of drug-likeness (QED) is 0.673. The van der Waals surface area contributed by atoms with E-state index in [1.165, 1.54) is 6.20 Å². The Bertz CT molecular complexity index is 683. The van der Waals surface area contributed by atoms with Gasteiger partial charge in [0.1, 0.15) is 5.82 Å². The molecule has 0 fully saturated rings. The maximum absolute atomic E-state index is 12.7. The number of rotatable bonds is 3. The van der Waals surface area contributed by atoms with Gasteiger partial charge in [0.2, 0.25) is 0 Å². The molecule has 0 radical (unpaired) electrons. The van der Waals surface area contributed by atoms with Gasteiger partial charge in [-0.25, -0.2) is 4.98 Å². The van der Waals surface area contributed by atoms with Crippen molar-refractivity contribution < 1.29 is 18.0 Å². The number of ketones is 1. The van der Waals surface area contributed by atoms with Crippen LogP contribution in [-0.2, 0) is 12.6 Å². The van der Waals surface area contributed by atoms with E-state index >= 15 is 0 Å². The summed E-state index contributed by atoms with van der Waals surface area (Å²) in [6.45, 7) is 0. The molecule has 21 heavy (non-hydrogen) atoms. The van der Waals surface area contributed by atoms with Gasteiger partial charge in [0.25, 0.3) is 0 Å². The lowest BCUT2D eigenvalue weighted by atomic mass is 10.00. The largest absolute Gasteiger partial charge is 0.416 e. The first-order chi connectivity index (χ1) is 9.79. The smallest absolute Gasteiger partial charge is 0.398 e. The van der Waals surface area contributed by atoms with Crippen molar-refractivity contribution in [3.63, 3.8) is 0 Å². The Morgan fingerprint density at radius 2 is 1.90 bits per heavy atom. The third-order valence-electron chi connectivity index (χ3n) is 2.96. The molecule has 1 aromatic heterocycles. The number of nitrogen functional groups attached to an aromatic ring is 2. The highest BCUT2D eigenvalue weighted by Gasteiger charge is 2.31. The number of nitrogens with zero attached hydrogens (tertiary/aromatic N) is 1. The number of halogens is 3. The molecule has 2 aromatic rings. The molecule has 1 heterocycles. The Balaban J connectivity index is 2.33. The molecule has 4 N–H and O–H groups in total. The fourth-order valence-corrected chi connectivity index (χ4v) is 1.84. The first-order valence-electron chi connectivity index (χ1n) is 5.98. The van der Waals surface area contributed by atoms with E-state index in [2.05, 4.69) is 4.98 Å². The fraction of sp³-hybridized carbons (Fsp3) is 0.143. The molecule has 1 aromatic carbocycles. The lowest BCUT2D eigenvalue weighted by Crippen LogP contribution is -2.12. The van der Waals surface area contributed by atoms with Gasteiger partial charge in [-0.2, -0.15) is 13.2 Å². The first-order valence-corrected chi connectivity index (χ1v) is 5.98. The van der Waals surface area contributed by atoms with Gasteiger partial charge in [0.05, 0.1) is 5.56 Å². The number of pyridine rings is 1. The van der Waals surface area contributed by atoms with E-state index in [-0.39, 0.29) is 23.5 Å². The molecule has 0 aliphatic carbocycles. The number of benzene rings is 1. The molecule has 7 heteroatoms. The van der Waals surface area contributed by atoms with Crippen LogP contribution in [0.5, 0.6) is 0 Å². The minimum Gasteiger partial charge on any atom is -0.398 e. The van der Waals surface area contributed by atoms with Gasteiger partial charge in [-0.1, -0.05) is 6.07 Å². The summed E-state index contributed by atoms with van der Waals surface area (Å²) in [4.78, 5) is 16.0. The second-order valence-corrected chi connectivity index (χ2v) is 4.45. The van der Waals surface area contributed by atoms with Crippen LogP contribution in [0, 0.1) is 0 Å². The number of Topliss-reactive ketones (excluding diaryl/α,β-unsaturated/α-hetero) is 1. The molecule has 4 nitrogen and oxygen atoms in total. The van der Waals surface area contributed by atoms with Gasteiger partial charge < -0.3 is 11.5 Å². The van der Waals surface area contributed by atoms with E-state index in [4.69, 9.17) is 11.5 Å². The van der Waals surface area contributed by atoms with Gasteiger partial charge in [0.15, 0.2) is 5.78 Å². The van der Waals surface area contributed by atoms with Crippen LogP contribution in [0.1, 0.15) is 21.5 Å². The van der Waals surface area contributed by atoms with Crippen LogP contribution in [0.2, 0.25) is 0 Å². The van der Waals surface area contributed by atoms with E-state index < -0.39 is 17.5 Å². The fourth-order valence-electron chi connectivity index (χ4n) is 1.84. The van der Waals surface area contributed by atoms with Crippen molar-refractivity contribution in [1.82, 2.24) is 4.98 Å². The number of alkyl halides is 3. The zero-order valence-corrected chi connectivity index (χ0v) is 10.8. The van der Waals surface area contributed by atoms with E-state index in [1.54, 1.807) is 12.1 Å². The summed E-state index contributed by atoms with van der Waals surface area (Å²) < 4.78 is 38.0. The van der Waals surface area contributed by atoms with Crippen molar-refractivity contribution >= 4 is 17.3 Å². The number of hydrogen-bond acceptors (Lipinski definition) is 4. The maximum Gasteiger partial charge on any atom is 0.416 e. The maximum atomic E-state index is 12.7. The van der Waals surface area contributed by atoms with Crippen LogP contribution in [0.4, 0.5) is 24.7 Å². The SMILES string of the molecule is Nc1ccc(C(F)(F)F)cc1C(=O)Cc1cccnc1N. The Morgan fingerprint density at radius 3 is 2.52 bits per heavy atom. The van der Waals surface area contributed by atoms with Crippen molar-refractivity contribution in [1.29, 1.82) is 0 Å². The summed E-state index contributed by atoms with van der Waals surface area (Å²) >= 11 is 0. The zero-order valence-electron chi connectivity index (χ0n) is 10.8. The second kappa shape index (κ2) is 5.43. The van der Waals surface area contributed by atoms with Crippen molar-refractivity contribution in [2.24, 2.45) is 0 Å². The highest BCUT2D eigenvalue weighted by molar-refractivity contribution is 6.02. The van der Waals surface area contributed by atoms with E-state index in [9.17, 15) is 18.0 Å². The predicted molar refractivity (Wildman–Crippen MR) is 72.5 cm³/mol. The molecule has 0 saturated carbocycles. The Labute approximate surface area is 118 Å². The second-order valence-electron chi connectivity index (χ2n) is 4.45. The minimum atomic E-state index is -4.53. The molecule has 0 aliphatic rings. The molecule has 2 rings (SSSR count). The highest BCUT2D eigenvalue weighted by Crippen LogP contribution is 2.31. The van der Waals surface area contributed by atoms with Crippen LogP contribution in [-0.4, -0.2) is 10.8 Å². The molecular weight excluding hydrogens is 283 g/mol. The molecule has 0 bridgehead atoms. The van der Waals surface area contributed by atoms with Gasteiger partial charge in [-0.15, -0.1) is 0 Å². The number of aromatic nitrogens is 1. The van der Waals surface area contributed by atoms with Crippen molar-refractivity contribution in [3.05, 3.63) is 53.2 Å². The molecule has 0 saturated heterocycles. The van der Waals surface area contributed by atoms with Gasteiger partial charge in [0, 0.05) is 29.4 Å². The minimum absolute atomic E-state index is 0.00420. The summed E-state index contributed by atoms with van der Waals surface area (Å²) in [5.74, 6) is -0.380. The number of hydrogen-bond donors (Lipinski definition) is 2. The van der Waals surface area contributed by atoms with Crippen molar-refractivity contribution in [2.75, 3.05) is 11.5 Å². The molecule has 0 unspecified atom stereocenters. The lowest BCUT2D eigenvalue weighted by molar-refractivity contribution is -0.137. The number of anilines is 2. The lowest BCUT2D eigenvalue weighted by Gasteiger charge is -2.11. The van der Waals surface area contributed by atoms with Crippen molar-refractivity contribution in [3.8, 4) is 0 Å². The molecule has 0 atom stereocenters. The summed E-state index contributed by atoms with van der Waals surface area (Å²) in [5, 5.41) is 0. The zero-order chi connectivity index (χ0) is 15.6. The highest BCUT2D eigenvalue weighted by atomic mass is 19.4. The molecule has 110 valence electrons. The van der Waals surface area contributed by atoms with Gasteiger partial charge in [-0.05, 0) is 24.3 Å². The molecule has 0 amide bonds. The average Bonchev–Trinajstić information content (AvgIpc) is 2.40. The average molecular weight is 295 g/mol. The Morgan fingerprint density at radius 1 is 1.19 bits per heavy atom.